The topological polar surface area (TPSA) is 12.5 Å². The van der Waals surface area contributed by atoms with Gasteiger partial charge in [-0.05, 0) is 25.8 Å². The predicted molar refractivity (Wildman–Crippen MR) is 79.1 cm³/mol. The molecule has 0 saturated carbocycles. The summed E-state index contributed by atoms with van der Waals surface area (Å²) in [5.41, 5.74) is 2.49. The van der Waals surface area contributed by atoms with Crippen LogP contribution in [0.25, 0.3) is 0 Å². The highest BCUT2D eigenvalue weighted by Gasteiger charge is 2.24. The normalized spacial score (nSPS) is 24.1. The highest BCUT2D eigenvalue weighted by Crippen LogP contribution is 2.16. The number of thiocarbonyl (C=S) groups is 1. The second-order valence-electron chi connectivity index (χ2n) is 5.02. The van der Waals surface area contributed by atoms with Crippen LogP contribution < -0.4 is 0 Å². The fourth-order valence-electron chi connectivity index (χ4n) is 2.41. The van der Waals surface area contributed by atoms with Crippen molar-refractivity contribution in [3.63, 3.8) is 0 Å². The van der Waals surface area contributed by atoms with E-state index in [9.17, 15) is 0 Å². The molecule has 1 aliphatic heterocycles. The lowest BCUT2D eigenvalue weighted by Crippen LogP contribution is -2.47. The molecule has 2 rings (SSSR count). The summed E-state index contributed by atoms with van der Waals surface area (Å²) in [6.45, 7) is 8.15. The summed E-state index contributed by atoms with van der Waals surface area (Å²) in [4.78, 5) is 3.20. The smallest absolute Gasteiger partial charge is 0.109 e. The standard InChI is InChI=1S/C15H21NOS/c1-4-13-5-7-14(8-6-13)15(18)16-9-11(2)17-12(3)10-16/h5-8,11-12H,4,9-10H2,1-3H3/t11-,12-/m0/s1. The highest BCUT2D eigenvalue weighted by molar-refractivity contribution is 7.80. The Morgan fingerprint density at radius 2 is 1.78 bits per heavy atom. The lowest BCUT2D eigenvalue weighted by molar-refractivity contribution is -0.0472. The number of hydrogen-bond acceptors (Lipinski definition) is 2. The molecule has 0 bridgehead atoms. The van der Waals surface area contributed by atoms with Gasteiger partial charge in [0.25, 0.3) is 0 Å². The van der Waals surface area contributed by atoms with Crippen molar-refractivity contribution in [1.29, 1.82) is 0 Å². The Morgan fingerprint density at radius 1 is 1.22 bits per heavy atom. The monoisotopic (exact) mass is 263 g/mol. The third-order valence-corrected chi connectivity index (χ3v) is 3.81. The summed E-state index contributed by atoms with van der Waals surface area (Å²) in [6, 6.07) is 8.59. The molecule has 1 saturated heterocycles. The maximum Gasteiger partial charge on any atom is 0.109 e. The van der Waals surface area contributed by atoms with Crippen molar-refractivity contribution in [2.45, 2.75) is 39.4 Å². The Hall–Kier alpha value is -0.930. The van der Waals surface area contributed by atoms with Crippen LogP contribution in [0.2, 0.25) is 0 Å². The molecule has 0 aromatic heterocycles. The van der Waals surface area contributed by atoms with Crippen molar-refractivity contribution >= 4 is 17.2 Å². The van der Waals surface area contributed by atoms with E-state index in [1.54, 1.807) is 0 Å². The van der Waals surface area contributed by atoms with Gasteiger partial charge in [-0.2, -0.15) is 0 Å². The second-order valence-corrected chi connectivity index (χ2v) is 5.40. The summed E-state index contributed by atoms with van der Waals surface area (Å²) >= 11 is 5.60. The summed E-state index contributed by atoms with van der Waals surface area (Å²) in [7, 11) is 0. The lowest BCUT2D eigenvalue weighted by atomic mass is 10.1. The van der Waals surface area contributed by atoms with Gasteiger partial charge in [0.1, 0.15) is 4.99 Å². The first-order valence-electron chi connectivity index (χ1n) is 6.63. The molecule has 0 N–H and O–H groups in total. The first kappa shape index (κ1) is 13.5. The van der Waals surface area contributed by atoms with Crippen LogP contribution in [0.4, 0.5) is 0 Å². The molecule has 0 radical (unpaired) electrons. The van der Waals surface area contributed by atoms with Crippen LogP contribution in [0.5, 0.6) is 0 Å². The number of morpholine rings is 1. The van der Waals surface area contributed by atoms with Gasteiger partial charge in [-0.1, -0.05) is 43.4 Å². The second kappa shape index (κ2) is 5.81. The van der Waals surface area contributed by atoms with Crippen LogP contribution in [0.15, 0.2) is 24.3 Å². The van der Waals surface area contributed by atoms with Crippen LogP contribution in [-0.2, 0) is 11.2 Å². The molecule has 0 spiro atoms. The molecule has 1 aliphatic rings. The van der Waals surface area contributed by atoms with Gasteiger partial charge in [0, 0.05) is 18.7 Å². The number of ether oxygens (including phenoxy) is 1. The molecule has 0 unspecified atom stereocenters. The zero-order valence-electron chi connectivity index (χ0n) is 11.3. The molecule has 3 heteroatoms. The number of aryl methyl sites for hydroxylation is 1. The highest BCUT2D eigenvalue weighted by atomic mass is 32.1. The Balaban J connectivity index is 2.09. The molecule has 18 heavy (non-hydrogen) atoms. The zero-order chi connectivity index (χ0) is 13.1. The first-order chi connectivity index (χ1) is 8.60. The van der Waals surface area contributed by atoms with Gasteiger partial charge >= 0.3 is 0 Å². The largest absolute Gasteiger partial charge is 0.372 e. The minimum absolute atomic E-state index is 0.251. The summed E-state index contributed by atoms with van der Waals surface area (Å²) < 4.78 is 5.74. The summed E-state index contributed by atoms with van der Waals surface area (Å²) in [5, 5.41) is 0. The van der Waals surface area contributed by atoms with Crippen LogP contribution in [0.1, 0.15) is 31.9 Å². The zero-order valence-corrected chi connectivity index (χ0v) is 12.2. The van der Waals surface area contributed by atoms with E-state index >= 15 is 0 Å². The minimum atomic E-state index is 0.251. The molecule has 2 atom stereocenters. The Bertz CT molecular complexity index is 405. The number of hydrogen-bond donors (Lipinski definition) is 0. The fraction of sp³-hybridized carbons (Fsp3) is 0.533. The van der Waals surface area contributed by atoms with Crippen molar-refractivity contribution in [3.8, 4) is 0 Å². The van der Waals surface area contributed by atoms with E-state index in [0.717, 1.165) is 30.1 Å². The number of benzene rings is 1. The van der Waals surface area contributed by atoms with E-state index in [-0.39, 0.29) is 12.2 Å². The van der Waals surface area contributed by atoms with Crippen molar-refractivity contribution in [2.24, 2.45) is 0 Å². The molecule has 0 aliphatic carbocycles. The van der Waals surface area contributed by atoms with Gasteiger partial charge in [0.2, 0.25) is 0 Å². The van der Waals surface area contributed by atoms with Gasteiger partial charge in [0.15, 0.2) is 0 Å². The maximum atomic E-state index is 5.74. The molecule has 1 fully saturated rings. The maximum absolute atomic E-state index is 5.74. The van der Waals surface area contributed by atoms with Crippen molar-refractivity contribution < 1.29 is 4.74 Å². The number of nitrogens with zero attached hydrogens (tertiary/aromatic N) is 1. The Labute approximate surface area is 115 Å². The van der Waals surface area contributed by atoms with Crippen LogP contribution in [0, 0.1) is 0 Å². The van der Waals surface area contributed by atoms with E-state index < -0.39 is 0 Å². The quantitative estimate of drug-likeness (QED) is 0.761. The first-order valence-corrected chi connectivity index (χ1v) is 7.04. The number of rotatable bonds is 2. The molecule has 98 valence electrons. The van der Waals surface area contributed by atoms with Crippen LogP contribution >= 0.6 is 12.2 Å². The van der Waals surface area contributed by atoms with E-state index in [4.69, 9.17) is 17.0 Å². The summed E-state index contributed by atoms with van der Waals surface area (Å²) in [5.74, 6) is 0. The third kappa shape index (κ3) is 3.09. The molecular weight excluding hydrogens is 242 g/mol. The van der Waals surface area contributed by atoms with Gasteiger partial charge in [-0.3, -0.25) is 0 Å². The minimum Gasteiger partial charge on any atom is -0.372 e. The van der Waals surface area contributed by atoms with E-state index in [1.807, 2.05) is 0 Å². The van der Waals surface area contributed by atoms with Crippen molar-refractivity contribution in [3.05, 3.63) is 35.4 Å². The summed E-state index contributed by atoms with van der Waals surface area (Å²) in [6.07, 6.45) is 1.57. The molecule has 1 heterocycles. The molecular formula is C15H21NOS. The Kier molecular flexibility index (Phi) is 4.36. The molecule has 1 aromatic rings. The average Bonchev–Trinajstić information content (AvgIpc) is 2.37. The van der Waals surface area contributed by atoms with Crippen LogP contribution in [0.3, 0.4) is 0 Å². The molecule has 2 nitrogen and oxygen atoms in total. The van der Waals surface area contributed by atoms with E-state index in [1.165, 1.54) is 5.56 Å². The molecule has 0 amide bonds. The van der Waals surface area contributed by atoms with Gasteiger partial charge in [0.05, 0.1) is 12.2 Å². The third-order valence-electron chi connectivity index (χ3n) is 3.32. The van der Waals surface area contributed by atoms with Crippen LogP contribution in [-0.4, -0.2) is 35.2 Å². The Morgan fingerprint density at radius 3 is 2.28 bits per heavy atom. The molecule has 1 aromatic carbocycles. The van der Waals surface area contributed by atoms with Gasteiger partial charge in [-0.25, -0.2) is 0 Å². The van der Waals surface area contributed by atoms with Crippen molar-refractivity contribution in [2.75, 3.05) is 13.1 Å². The predicted octanol–water partition coefficient (Wildman–Crippen LogP) is 3.03. The van der Waals surface area contributed by atoms with E-state index in [0.29, 0.717) is 0 Å². The SMILES string of the molecule is CCc1ccc(C(=S)N2C[C@H](C)O[C@@H](C)C2)cc1. The van der Waals surface area contributed by atoms with Crippen molar-refractivity contribution in [1.82, 2.24) is 4.90 Å². The lowest BCUT2D eigenvalue weighted by Gasteiger charge is -2.37. The van der Waals surface area contributed by atoms with Gasteiger partial charge in [-0.15, -0.1) is 0 Å². The fourth-order valence-corrected chi connectivity index (χ4v) is 2.69. The van der Waals surface area contributed by atoms with E-state index in [2.05, 4.69) is 49.9 Å². The average molecular weight is 263 g/mol. The van der Waals surface area contributed by atoms with Gasteiger partial charge < -0.3 is 9.64 Å².